The van der Waals surface area contributed by atoms with E-state index < -0.39 is 0 Å². The molecule has 0 unspecified atom stereocenters. The Labute approximate surface area is 113 Å². The summed E-state index contributed by atoms with van der Waals surface area (Å²) in [6, 6.07) is 1.12. The molecule has 4 nitrogen and oxygen atoms in total. The van der Waals surface area contributed by atoms with Gasteiger partial charge in [0.1, 0.15) is 0 Å². The lowest BCUT2D eigenvalue weighted by atomic mass is 10.2. The summed E-state index contributed by atoms with van der Waals surface area (Å²) in [4.78, 5) is 7.01. The summed E-state index contributed by atoms with van der Waals surface area (Å²) < 4.78 is 0. The fraction of sp³-hybridized carbons (Fsp3) is 0.786. The van der Waals surface area contributed by atoms with Crippen molar-refractivity contribution in [1.82, 2.24) is 15.5 Å². The Bertz CT molecular complexity index is 238. The fourth-order valence-corrected chi connectivity index (χ4v) is 1.90. The predicted octanol–water partition coefficient (Wildman–Crippen LogP) is 1.85. The van der Waals surface area contributed by atoms with E-state index in [1.54, 1.807) is 0 Å². The van der Waals surface area contributed by atoms with Crippen LogP contribution in [0.2, 0.25) is 0 Å². The molecular weight excluding hydrogens is 224 g/mol. The highest BCUT2D eigenvalue weighted by Gasteiger charge is 2.12. The topological polar surface area (TPSA) is 39.7 Å². The van der Waals surface area contributed by atoms with Crippen LogP contribution in [0, 0.1) is 0 Å². The third-order valence-electron chi connectivity index (χ3n) is 2.71. The zero-order chi connectivity index (χ0) is 14.0. The first kappa shape index (κ1) is 17.0. The maximum Gasteiger partial charge on any atom is 0.191 e. The van der Waals surface area contributed by atoms with Crippen LogP contribution in [0.3, 0.4) is 0 Å². The van der Waals surface area contributed by atoms with Gasteiger partial charge in [0.25, 0.3) is 0 Å². The van der Waals surface area contributed by atoms with Gasteiger partial charge in [-0.05, 0) is 34.6 Å². The van der Waals surface area contributed by atoms with Crippen LogP contribution in [0.15, 0.2) is 17.6 Å². The van der Waals surface area contributed by atoms with Crippen molar-refractivity contribution in [1.29, 1.82) is 0 Å². The van der Waals surface area contributed by atoms with Crippen LogP contribution in [0.4, 0.5) is 0 Å². The monoisotopic (exact) mass is 254 g/mol. The standard InChI is InChI=1S/C14H30N4/c1-7-9-16-14(15-8-2)17-10-11-18(12(3)4)13(5)6/h7,12-13H,1,8-11H2,2-6H3,(H2,15,16,17). The van der Waals surface area contributed by atoms with Gasteiger partial charge in [-0.15, -0.1) is 6.58 Å². The van der Waals surface area contributed by atoms with Gasteiger partial charge in [-0.3, -0.25) is 9.89 Å². The van der Waals surface area contributed by atoms with Crippen molar-refractivity contribution >= 4 is 5.96 Å². The Balaban J connectivity index is 4.24. The molecular formula is C14H30N4. The second-order valence-corrected chi connectivity index (χ2v) is 4.86. The highest BCUT2D eigenvalue weighted by atomic mass is 15.2. The quantitative estimate of drug-likeness (QED) is 0.394. The van der Waals surface area contributed by atoms with Crippen molar-refractivity contribution in [3.8, 4) is 0 Å². The molecule has 0 aromatic carbocycles. The third kappa shape index (κ3) is 7.33. The Morgan fingerprint density at radius 2 is 1.83 bits per heavy atom. The summed E-state index contributed by atoms with van der Waals surface area (Å²) in [6.45, 7) is 18.1. The molecule has 0 spiro atoms. The van der Waals surface area contributed by atoms with Gasteiger partial charge in [0, 0.05) is 31.7 Å². The van der Waals surface area contributed by atoms with Crippen molar-refractivity contribution in [2.75, 3.05) is 26.2 Å². The summed E-state index contributed by atoms with van der Waals surface area (Å²) in [5.74, 6) is 0.866. The lowest BCUT2D eigenvalue weighted by Crippen LogP contribution is -2.40. The molecule has 0 aliphatic rings. The van der Waals surface area contributed by atoms with E-state index in [0.29, 0.717) is 12.1 Å². The normalized spacial score (nSPS) is 12.3. The Morgan fingerprint density at radius 1 is 1.22 bits per heavy atom. The van der Waals surface area contributed by atoms with Gasteiger partial charge in [0.15, 0.2) is 5.96 Å². The van der Waals surface area contributed by atoms with E-state index >= 15 is 0 Å². The summed E-state index contributed by atoms with van der Waals surface area (Å²) in [7, 11) is 0. The molecule has 0 heterocycles. The summed E-state index contributed by atoms with van der Waals surface area (Å²) in [6.07, 6.45) is 1.83. The van der Waals surface area contributed by atoms with E-state index in [4.69, 9.17) is 0 Å². The zero-order valence-electron chi connectivity index (χ0n) is 12.7. The molecule has 0 bridgehead atoms. The van der Waals surface area contributed by atoms with Crippen molar-refractivity contribution in [3.05, 3.63) is 12.7 Å². The third-order valence-corrected chi connectivity index (χ3v) is 2.71. The molecule has 0 fully saturated rings. The largest absolute Gasteiger partial charge is 0.357 e. The predicted molar refractivity (Wildman–Crippen MR) is 81.2 cm³/mol. The van der Waals surface area contributed by atoms with Crippen molar-refractivity contribution < 1.29 is 0 Å². The van der Waals surface area contributed by atoms with E-state index in [-0.39, 0.29) is 0 Å². The van der Waals surface area contributed by atoms with Crippen LogP contribution < -0.4 is 10.6 Å². The Kier molecular flexibility index (Phi) is 9.38. The van der Waals surface area contributed by atoms with Crippen LogP contribution in [0.1, 0.15) is 34.6 Å². The summed E-state index contributed by atoms with van der Waals surface area (Å²) >= 11 is 0. The molecule has 0 aromatic rings. The number of hydrogen-bond donors (Lipinski definition) is 2. The molecule has 0 radical (unpaired) electrons. The molecule has 106 valence electrons. The molecule has 0 aliphatic carbocycles. The lowest BCUT2D eigenvalue weighted by molar-refractivity contribution is 0.181. The number of rotatable bonds is 8. The number of guanidine groups is 1. The minimum Gasteiger partial charge on any atom is -0.357 e. The molecule has 0 saturated heterocycles. The van der Waals surface area contributed by atoms with Crippen molar-refractivity contribution in [2.24, 2.45) is 4.99 Å². The van der Waals surface area contributed by atoms with Gasteiger partial charge in [0.05, 0.1) is 6.54 Å². The first-order chi connectivity index (χ1) is 8.52. The van der Waals surface area contributed by atoms with Gasteiger partial charge in [-0.25, -0.2) is 0 Å². The van der Waals surface area contributed by atoms with E-state index in [0.717, 1.165) is 32.1 Å². The second kappa shape index (κ2) is 9.95. The molecule has 0 aliphatic heterocycles. The van der Waals surface area contributed by atoms with Crippen molar-refractivity contribution in [2.45, 2.75) is 46.7 Å². The number of aliphatic imine (C=N–C) groups is 1. The van der Waals surface area contributed by atoms with E-state index in [2.05, 4.69) is 61.7 Å². The van der Waals surface area contributed by atoms with E-state index in [1.165, 1.54) is 0 Å². The molecule has 0 atom stereocenters. The Morgan fingerprint density at radius 3 is 2.28 bits per heavy atom. The SMILES string of the molecule is C=CCNC(=NCCN(C(C)C)C(C)C)NCC. The van der Waals surface area contributed by atoms with Gasteiger partial charge in [-0.2, -0.15) is 0 Å². The minimum absolute atomic E-state index is 0.559. The summed E-state index contributed by atoms with van der Waals surface area (Å²) in [5, 5.41) is 6.43. The summed E-state index contributed by atoms with van der Waals surface area (Å²) in [5.41, 5.74) is 0. The highest BCUT2D eigenvalue weighted by molar-refractivity contribution is 5.79. The van der Waals surface area contributed by atoms with Crippen LogP contribution in [0.25, 0.3) is 0 Å². The Hall–Kier alpha value is -1.03. The first-order valence-electron chi connectivity index (χ1n) is 6.91. The van der Waals surface area contributed by atoms with Crippen LogP contribution in [0.5, 0.6) is 0 Å². The molecule has 0 amide bonds. The molecule has 0 aromatic heterocycles. The maximum atomic E-state index is 4.56. The van der Waals surface area contributed by atoms with Gasteiger partial charge >= 0.3 is 0 Å². The molecule has 2 N–H and O–H groups in total. The molecule has 0 rings (SSSR count). The smallest absolute Gasteiger partial charge is 0.191 e. The fourth-order valence-electron chi connectivity index (χ4n) is 1.90. The number of hydrogen-bond acceptors (Lipinski definition) is 2. The lowest BCUT2D eigenvalue weighted by Gasteiger charge is -2.29. The highest BCUT2D eigenvalue weighted by Crippen LogP contribution is 2.03. The minimum atomic E-state index is 0.559. The van der Waals surface area contributed by atoms with Crippen LogP contribution in [-0.4, -0.2) is 49.1 Å². The van der Waals surface area contributed by atoms with Gasteiger partial charge in [0.2, 0.25) is 0 Å². The van der Waals surface area contributed by atoms with Gasteiger partial charge < -0.3 is 10.6 Å². The number of nitrogens with zero attached hydrogens (tertiary/aromatic N) is 2. The molecule has 0 saturated carbocycles. The van der Waals surface area contributed by atoms with E-state index in [1.807, 2.05) is 6.08 Å². The van der Waals surface area contributed by atoms with Gasteiger partial charge in [-0.1, -0.05) is 6.08 Å². The average Bonchev–Trinajstić information content (AvgIpc) is 2.30. The first-order valence-corrected chi connectivity index (χ1v) is 6.91. The molecule has 18 heavy (non-hydrogen) atoms. The second-order valence-electron chi connectivity index (χ2n) is 4.86. The zero-order valence-corrected chi connectivity index (χ0v) is 12.7. The van der Waals surface area contributed by atoms with Crippen LogP contribution in [-0.2, 0) is 0 Å². The van der Waals surface area contributed by atoms with E-state index in [9.17, 15) is 0 Å². The number of nitrogens with one attached hydrogen (secondary N) is 2. The van der Waals surface area contributed by atoms with Crippen LogP contribution >= 0.6 is 0 Å². The maximum absolute atomic E-state index is 4.56. The molecule has 4 heteroatoms. The van der Waals surface area contributed by atoms with Crippen molar-refractivity contribution in [3.63, 3.8) is 0 Å². The average molecular weight is 254 g/mol.